The number of fused-ring (bicyclic) bond motifs is 4. The average Bonchev–Trinajstić information content (AvgIpc) is 3.60. The third-order valence-electron chi connectivity index (χ3n) is 8.62. The first-order chi connectivity index (χ1) is 22.7. The van der Waals surface area contributed by atoms with Gasteiger partial charge >= 0.3 is 126 Å². The zero-order valence-electron chi connectivity index (χ0n) is 30.3. The van der Waals surface area contributed by atoms with E-state index in [1.165, 1.54) is 5.56 Å². The Hall–Kier alpha value is -3.58. The molecule has 4 heterocycles. The van der Waals surface area contributed by atoms with Gasteiger partial charge in [0.1, 0.15) is 0 Å². The average molecular weight is 888 g/mol. The van der Waals surface area contributed by atoms with E-state index in [-0.39, 0.29) is 25.6 Å². The van der Waals surface area contributed by atoms with Crippen LogP contribution >= 0.6 is 0 Å². The minimum atomic E-state index is -1.86. The van der Waals surface area contributed by atoms with Gasteiger partial charge in [-0.2, -0.15) is 0 Å². The molecule has 0 saturated heterocycles. The quantitative estimate of drug-likeness (QED) is 0.128. The SMILES string of the molecule is CC(C)Cc1cc(-c2[c-]cccc2)nc[c]1[Ge]([CH3])([CH3])[CH3].Cc1ccc2c(n1)oc1c(-c3nc4ccccc4n3C(C)(C)C)[c-]cc(C)c12.[Ir]. The molecule has 7 heteroatoms. The molecule has 0 aliphatic carbocycles. The maximum absolute atomic E-state index is 6.27. The summed E-state index contributed by atoms with van der Waals surface area (Å²) in [4.78, 5) is 14.3. The summed E-state index contributed by atoms with van der Waals surface area (Å²) in [5.41, 5.74) is 9.98. The molecule has 3 aromatic carbocycles. The van der Waals surface area contributed by atoms with E-state index in [1.54, 1.807) is 4.40 Å². The molecular formula is C42H46GeIrN4O-2. The molecule has 7 rings (SSSR count). The van der Waals surface area contributed by atoms with Gasteiger partial charge in [0.2, 0.25) is 5.71 Å². The number of hydrogen-bond donors (Lipinski definition) is 0. The summed E-state index contributed by atoms with van der Waals surface area (Å²) in [6, 6.07) is 31.5. The van der Waals surface area contributed by atoms with Crippen LogP contribution in [-0.4, -0.2) is 32.8 Å². The fraction of sp³-hybridized carbons (Fsp3) is 0.310. The third kappa shape index (κ3) is 7.62. The number of nitrogens with zero attached hydrogens (tertiary/aromatic N) is 4. The van der Waals surface area contributed by atoms with Crippen molar-refractivity contribution in [3.8, 4) is 22.6 Å². The second kappa shape index (κ2) is 14.3. The van der Waals surface area contributed by atoms with E-state index in [1.807, 2.05) is 43.3 Å². The van der Waals surface area contributed by atoms with E-state index in [9.17, 15) is 0 Å². The smallest absolute Gasteiger partial charge is 0.216 e. The molecule has 49 heavy (non-hydrogen) atoms. The normalized spacial score (nSPS) is 12.0. The number of benzene rings is 3. The van der Waals surface area contributed by atoms with Crippen LogP contribution in [0.25, 0.3) is 55.7 Å². The molecule has 0 N–H and O–H groups in total. The van der Waals surface area contributed by atoms with Crippen LogP contribution in [0.3, 0.4) is 0 Å². The van der Waals surface area contributed by atoms with Gasteiger partial charge in [-0.05, 0) is 52.0 Å². The number of hydrogen-bond acceptors (Lipinski definition) is 4. The Kier molecular flexibility index (Phi) is 10.7. The van der Waals surface area contributed by atoms with Gasteiger partial charge in [0.25, 0.3) is 0 Å². The summed E-state index contributed by atoms with van der Waals surface area (Å²) in [7, 11) is 0. The van der Waals surface area contributed by atoms with E-state index in [0.29, 0.717) is 11.6 Å². The van der Waals surface area contributed by atoms with E-state index in [0.717, 1.165) is 67.7 Å². The van der Waals surface area contributed by atoms with Crippen molar-refractivity contribution in [3.05, 3.63) is 108 Å². The van der Waals surface area contributed by atoms with Gasteiger partial charge in [-0.1, -0.05) is 30.0 Å². The van der Waals surface area contributed by atoms with Crippen LogP contribution in [0.5, 0.6) is 0 Å². The second-order valence-corrected chi connectivity index (χ2v) is 25.8. The largest absolute Gasteiger partial charge is 0.486 e. The topological polar surface area (TPSA) is 56.7 Å². The van der Waals surface area contributed by atoms with E-state index < -0.39 is 13.3 Å². The molecular weight excluding hydrogens is 841 g/mol. The molecule has 5 nitrogen and oxygen atoms in total. The van der Waals surface area contributed by atoms with Gasteiger partial charge in [-0.25, -0.2) is 4.98 Å². The minimum Gasteiger partial charge on any atom is -0.486 e. The molecule has 0 unspecified atom stereocenters. The summed E-state index contributed by atoms with van der Waals surface area (Å²) >= 11 is -1.86. The van der Waals surface area contributed by atoms with Gasteiger partial charge in [-0.15, -0.1) is 17.7 Å². The van der Waals surface area contributed by atoms with Crippen molar-refractivity contribution in [2.75, 3.05) is 0 Å². The number of para-hydroxylation sites is 2. The summed E-state index contributed by atoms with van der Waals surface area (Å²) in [5.74, 6) is 8.86. The van der Waals surface area contributed by atoms with Crippen molar-refractivity contribution >= 4 is 50.8 Å². The maximum atomic E-state index is 6.27. The van der Waals surface area contributed by atoms with Crippen molar-refractivity contribution < 1.29 is 24.5 Å². The number of aryl methyl sites for hydroxylation is 2. The maximum Gasteiger partial charge on any atom is 0.216 e. The van der Waals surface area contributed by atoms with Gasteiger partial charge in [0, 0.05) is 36.7 Å². The van der Waals surface area contributed by atoms with Crippen LogP contribution in [-0.2, 0) is 32.1 Å². The number of aromatic nitrogens is 4. The Morgan fingerprint density at radius 2 is 1.65 bits per heavy atom. The first-order valence-corrected chi connectivity index (χ1v) is 24.2. The second-order valence-electron chi connectivity index (χ2n) is 15.2. The molecule has 0 spiro atoms. The number of furan rings is 1. The predicted molar refractivity (Wildman–Crippen MR) is 204 cm³/mol. The Morgan fingerprint density at radius 3 is 2.33 bits per heavy atom. The molecule has 1 radical (unpaired) electrons. The number of rotatable bonds is 5. The fourth-order valence-electron chi connectivity index (χ4n) is 6.48. The van der Waals surface area contributed by atoms with E-state index in [2.05, 4.69) is 123 Å². The van der Waals surface area contributed by atoms with E-state index in [4.69, 9.17) is 14.4 Å². The Labute approximate surface area is 307 Å². The molecule has 0 aliphatic rings. The Morgan fingerprint density at radius 1 is 0.918 bits per heavy atom. The fourth-order valence-corrected chi connectivity index (χ4v) is 9.81. The number of imidazole rings is 1. The van der Waals surface area contributed by atoms with Crippen LogP contribution in [0, 0.1) is 31.9 Å². The van der Waals surface area contributed by atoms with Crippen molar-refractivity contribution in [3.63, 3.8) is 0 Å². The molecule has 0 aliphatic heterocycles. The molecule has 255 valence electrons. The summed E-state index contributed by atoms with van der Waals surface area (Å²) in [6.07, 6.45) is 3.27. The summed E-state index contributed by atoms with van der Waals surface area (Å²) in [6.45, 7) is 15.2. The monoisotopic (exact) mass is 889 g/mol. The summed E-state index contributed by atoms with van der Waals surface area (Å²) < 4.78 is 10.1. The molecule has 0 amide bonds. The Balaban J connectivity index is 0.000000199. The van der Waals surface area contributed by atoms with E-state index >= 15 is 0 Å². The van der Waals surface area contributed by atoms with Gasteiger partial charge in [-0.3, -0.25) is 4.98 Å². The van der Waals surface area contributed by atoms with Crippen molar-refractivity contribution in [1.82, 2.24) is 19.5 Å². The van der Waals surface area contributed by atoms with Gasteiger partial charge < -0.3 is 8.98 Å². The minimum absolute atomic E-state index is 0. The zero-order valence-corrected chi connectivity index (χ0v) is 34.8. The third-order valence-corrected chi connectivity index (χ3v) is 13.0. The molecule has 0 atom stereocenters. The zero-order chi connectivity index (χ0) is 34.4. The molecule has 0 saturated carbocycles. The first-order valence-electron chi connectivity index (χ1n) is 16.9. The molecule has 4 aromatic heterocycles. The van der Waals surface area contributed by atoms with Gasteiger partial charge in [0.05, 0.1) is 22.4 Å². The molecule has 0 bridgehead atoms. The standard InChI is InChI=1S/C24H22N3O.C18H24GeN.Ir/c1-14-10-12-17(21-20(14)16-13-11-15(2)25-23(16)28-21)22-26-18-8-6-7-9-19(18)27(22)24(3,4)5;1-14(2)11-16-12-18(15-9-7-6-8-10-15)20-13-17(16)19(3,4)5;/h6-11,13H,1-5H3;6-9,12-14H,11H2,1-5H3;/q2*-1;. The van der Waals surface area contributed by atoms with Crippen LogP contribution < -0.4 is 4.40 Å². The van der Waals surface area contributed by atoms with Crippen LogP contribution in [0.4, 0.5) is 0 Å². The molecule has 0 fully saturated rings. The van der Waals surface area contributed by atoms with Crippen LogP contribution in [0.15, 0.2) is 83.4 Å². The predicted octanol–water partition coefficient (Wildman–Crippen LogP) is 10.5. The van der Waals surface area contributed by atoms with Crippen molar-refractivity contribution in [2.45, 2.75) is 77.7 Å². The Bertz CT molecular complexity index is 2240. The van der Waals surface area contributed by atoms with Crippen molar-refractivity contribution in [1.29, 1.82) is 0 Å². The van der Waals surface area contributed by atoms with Crippen molar-refractivity contribution in [2.24, 2.45) is 5.92 Å². The number of pyridine rings is 2. The molecule has 7 aromatic rings. The van der Waals surface area contributed by atoms with Crippen LogP contribution in [0.2, 0.25) is 17.3 Å². The summed E-state index contributed by atoms with van der Waals surface area (Å²) in [5, 5.41) is 2.12. The van der Waals surface area contributed by atoms with Crippen LogP contribution in [0.1, 0.15) is 51.4 Å². The first kappa shape index (κ1) is 36.7. The van der Waals surface area contributed by atoms with Gasteiger partial charge in [0.15, 0.2) is 0 Å².